The van der Waals surface area contributed by atoms with E-state index < -0.39 is 23.3 Å². The third kappa shape index (κ3) is 3.08. The van der Waals surface area contributed by atoms with Crippen molar-refractivity contribution in [2.24, 2.45) is 0 Å². The minimum absolute atomic E-state index is 0.0357. The molecule has 1 N–H and O–H groups in total. The number of nitrogens with zero attached hydrogens (tertiary/aromatic N) is 5. The number of benzene rings is 2. The molecule has 0 saturated heterocycles. The molecule has 0 bridgehead atoms. The number of rotatable bonds is 5. The van der Waals surface area contributed by atoms with Gasteiger partial charge < -0.3 is 5.11 Å². The van der Waals surface area contributed by atoms with Crippen molar-refractivity contribution in [1.29, 1.82) is 0 Å². The smallest absolute Gasteiger partial charge is 0.137 e. The van der Waals surface area contributed by atoms with E-state index in [2.05, 4.69) is 15.2 Å². The maximum atomic E-state index is 14.6. The van der Waals surface area contributed by atoms with E-state index in [4.69, 9.17) is 0 Å². The summed E-state index contributed by atoms with van der Waals surface area (Å²) in [6, 6.07) is 9.97. The van der Waals surface area contributed by atoms with Crippen molar-refractivity contribution in [2.75, 3.05) is 0 Å². The molecule has 138 valence electrons. The molecule has 0 aliphatic carbocycles. The summed E-state index contributed by atoms with van der Waals surface area (Å²) in [7, 11) is 0. The lowest BCUT2D eigenvalue weighted by molar-refractivity contribution is -0.0366. The van der Waals surface area contributed by atoms with Crippen molar-refractivity contribution >= 4 is 10.9 Å². The fourth-order valence-corrected chi connectivity index (χ4v) is 3.25. The van der Waals surface area contributed by atoms with Gasteiger partial charge in [0.1, 0.15) is 29.9 Å². The lowest BCUT2D eigenvalue weighted by Gasteiger charge is -2.34. The minimum atomic E-state index is -1.74. The Hall–Kier alpha value is -3.13. The Kier molecular flexibility index (Phi) is 4.19. The van der Waals surface area contributed by atoms with Crippen LogP contribution in [0.2, 0.25) is 0 Å². The Morgan fingerprint density at radius 3 is 2.70 bits per heavy atom. The van der Waals surface area contributed by atoms with E-state index in [0.29, 0.717) is 0 Å². The average Bonchev–Trinajstić information content (AvgIpc) is 3.29. The van der Waals surface area contributed by atoms with Gasteiger partial charge in [0, 0.05) is 23.2 Å². The van der Waals surface area contributed by atoms with Crippen LogP contribution in [-0.4, -0.2) is 29.7 Å². The first-order chi connectivity index (χ1) is 13.0. The molecule has 2 heterocycles. The van der Waals surface area contributed by atoms with E-state index in [1.165, 1.54) is 23.4 Å². The van der Waals surface area contributed by atoms with Gasteiger partial charge in [0.05, 0.1) is 18.1 Å². The summed E-state index contributed by atoms with van der Waals surface area (Å²) in [6.07, 6.45) is 4.54. The maximum absolute atomic E-state index is 14.6. The van der Waals surface area contributed by atoms with Gasteiger partial charge in [-0.1, -0.05) is 24.3 Å². The summed E-state index contributed by atoms with van der Waals surface area (Å²) in [4.78, 5) is 3.87. The lowest BCUT2D eigenvalue weighted by Crippen LogP contribution is -2.40. The van der Waals surface area contributed by atoms with Gasteiger partial charge in [-0.15, -0.1) is 0 Å². The Bertz CT molecular complexity index is 1050. The third-order valence-electron chi connectivity index (χ3n) is 4.79. The highest BCUT2D eigenvalue weighted by atomic mass is 19.1. The van der Waals surface area contributed by atoms with Gasteiger partial charge in [0.15, 0.2) is 0 Å². The molecule has 6 nitrogen and oxygen atoms in total. The molecule has 0 radical (unpaired) electrons. The highest BCUT2D eigenvalue weighted by Gasteiger charge is 2.40. The number of hydrogen-bond donors (Lipinski definition) is 1. The number of aliphatic hydroxyl groups is 1. The van der Waals surface area contributed by atoms with Gasteiger partial charge in [0.2, 0.25) is 0 Å². The van der Waals surface area contributed by atoms with Gasteiger partial charge in [-0.2, -0.15) is 10.2 Å². The summed E-state index contributed by atoms with van der Waals surface area (Å²) >= 11 is 0. The van der Waals surface area contributed by atoms with Crippen LogP contribution in [0.5, 0.6) is 0 Å². The van der Waals surface area contributed by atoms with Crippen LogP contribution in [0.15, 0.2) is 61.3 Å². The molecule has 0 spiro atoms. The monoisotopic (exact) mass is 369 g/mol. The Labute approximate surface area is 153 Å². The second-order valence-electron chi connectivity index (χ2n) is 6.49. The van der Waals surface area contributed by atoms with Crippen molar-refractivity contribution < 1.29 is 13.9 Å². The van der Waals surface area contributed by atoms with Crippen LogP contribution in [0.4, 0.5) is 8.78 Å². The van der Waals surface area contributed by atoms with E-state index in [9.17, 15) is 13.9 Å². The molecular weight excluding hydrogens is 352 g/mol. The van der Waals surface area contributed by atoms with E-state index >= 15 is 0 Å². The molecule has 0 aliphatic heterocycles. The molecule has 0 fully saturated rings. The predicted molar refractivity (Wildman–Crippen MR) is 94.7 cm³/mol. The van der Waals surface area contributed by atoms with E-state index in [1.807, 2.05) is 24.3 Å². The normalized spacial score (nSPS) is 15.0. The predicted octanol–water partition coefficient (Wildman–Crippen LogP) is 3.06. The van der Waals surface area contributed by atoms with Crippen LogP contribution in [0.25, 0.3) is 10.9 Å². The molecule has 8 heteroatoms. The molecule has 0 saturated carbocycles. The molecule has 4 aromatic rings. The Morgan fingerprint density at radius 2 is 2.00 bits per heavy atom. The van der Waals surface area contributed by atoms with Crippen molar-refractivity contribution in [3.05, 3.63) is 78.5 Å². The van der Waals surface area contributed by atoms with E-state index in [-0.39, 0.29) is 12.1 Å². The number of fused-ring (bicyclic) bond motifs is 1. The lowest BCUT2D eigenvalue weighted by atomic mass is 9.86. The highest BCUT2D eigenvalue weighted by Crippen LogP contribution is 2.37. The summed E-state index contributed by atoms with van der Waals surface area (Å²) in [5.41, 5.74) is -1.02. The van der Waals surface area contributed by atoms with E-state index in [0.717, 1.165) is 23.0 Å². The molecule has 27 heavy (non-hydrogen) atoms. The zero-order valence-electron chi connectivity index (χ0n) is 14.5. The van der Waals surface area contributed by atoms with Gasteiger partial charge in [-0.3, -0.25) is 4.68 Å². The van der Waals surface area contributed by atoms with E-state index in [1.54, 1.807) is 17.8 Å². The summed E-state index contributed by atoms with van der Waals surface area (Å²) in [5.74, 6) is -1.54. The molecule has 4 rings (SSSR count). The Morgan fingerprint density at radius 1 is 1.19 bits per heavy atom. The van der Waals surface area contributed by atoms with Crippen molar-refractivity contribution in [2.45, 2.75) is 25.1 Å². The van der Waals surface area contributed by atoms with Gasteiger partial charge >= 0.3 is 0 Å². The van der Waals surface area contributed by atoms with Gasteiger partial charge in [0.25, 0.3) is 0 Å². The van der Waals surface area contributed by atoms with Crippen LogP contribution in [-0.2, 0) is 12.1 Å². The second-order valence-corrected chi connectivity index (χ2v) is 6.49. The van der Waals surface area contributed by atoms with Crippen molar-refractivity contribution in [3.8, 4) is 0 Å². The molecule has 0 unspecified atom stereocenters. The largest absolute Gasteiger partial charge is 0.381 e. The molecule has 2 aromatic carbocycles. The van der Waals surface area contributed by atoms with Gasteiger partial charge in [-0.25, -0.2) is 18.4 Å². The topological polar surface area (TPSA) is 68.8 Å². The fraction of sp³-hybridized carbons (Fsp3) is 0.211. The third-order valence-corrected chi connectivity index (χ3v) is 4.79. The second kappa shape index (κ2) is 6.55. The van der Waals surface area contributed by atoms with Crippen LogP contribution in [0, 0.1) is 11.6 Å². The average molecular weight is 369 g/mol. The Balaban J connectivity index is 1.83. The van der Waals surface area contributed by atoms with Crippen LogP contribution < -0.4 is 0 Å². The van der Waals surface area contributed by atoms with Crippen molar-refractivity contribution in [3.63, 3.8) is 0 Å². The zero-order chi connectivity index (χ0) is 19.0. The number of aromatic nitrogens is 5. The molecular formula is C19H17F2N5O. The summed E-state index contributed by atoms with van der Waals surface area (Å²) in [6.45, 7) is 1.65. The van der Waals surface area contributed by atoms with Crippen LogP contribution in [0.3, 0.4) is 0 Å². The zero-order valence-corrected chi connectivity index (χ0v) is 14.5. The first-order valence-electron chi connectivity index (χ1n) is 8.41. The van der Waals surface area contributed by atoms with Crippen LogP contribution in [0.1, 0.15) is 18.5 Å². The summed E-state index contributed by atoms with van der Waals surface area (Å²) < 4.78 is 31.0. The molecule has 0 amide bonds. The van der Waals surface area contributed by atoms with Crippen LogP contribution >= 0.6 is 0 Å². The van der Waals surface area contributed by atoms with Gasteiger partial charge in [-0.05, 0) is 19.1 Å². The molecule has 2 atom stereocenters. The number of hydrogen-bond acceptors (Lipinski definition) is 4. The molecule has 0 aliphatic rings. The summed E-state index contributed by atoms with van der Waals surface area (Å²) in [5, 5.41) is 21.0. The first-order valence-corrected chi connectivity index (χ1v) is 8.41. The highest BCUT2D eigenvalue weighted by molar-refractivity contribution is 5.77. The quantitative estimate of drug-likeness (QED) is 0.587. The molecule has 2 aromatic heterocycles. The standard InChI is InChI=1S/C19H17F2N5O/c1-13(26-9-14-4-2-3-5-18(14)24-26)19(27,10-25-12-22-11-23-25)16-7-6-15(20)8-17(16)21/h2-9,11-13,27H,10H2,1H3/t13-,19-/m1/s1. The van der Waals surface area contributed by atoms with Crippen molar-refractivity contribution in [1.82, 2.24) is 24.5 Å². The maximum Gasteiger partial charge on any atom is 0.137 e. The minimum Gasteiger partial charge on any atom is -0.381 e. The fourth-order valence-electron chi connectivity index (χ4n) is 3.25. The first kappa shape index (κ1) is 17.3. The number of halogens is 2. The SMILES string of the molecule is C[C@@H](n1cc2ccccc2n1)[C@](O)(Cn1cncn1)c1ccc(F)cc1F.